The first-order valence-electron chi connectivity index (χ1n) is 8.36. The highest BCUT2D eigenvalue weighted by Gasteiger charge is 2.07. The number of aliphatic imine (C=N–C) groups is 1. The Morgan fingerprint density at radius 3 is 2.36 bits per heavy atom. The Balaban J connectivity index is 0.00000576. The summed E-state index contributed by atoms with van der Waals surface area (Å²) >= 11 is 0. The lowest BCUT2D eigenvalue weighted by atomic mass is 10.0. The summed E-state index contributed by atoms with van der Waals surface area (Å²) in [7, 11) is -1.38. The summed E-state index contributed by atoms with van der Waals surface area (Å²) in [6, 6.07) is 8.54. The van der Waals surface area contributed by atoms with E-state index in [2.05, 4.69) is 58.5 Å². The molecule has 0 heterocycles. The molecule has 6 nitrogen and oxygen atoms in total. The number of hydrogen-bond acceptors (Lipinski definition) is 3. The van der Waals surface area contributed by atoms with Gasteiger partial charge < -0.3 is 10.6 Å². The first-order chi connectivity index (χ1) is 11.4. The third-order valence-corrected chi connectivity index (χ3v) is 5.20. The standard InChI is InChI=1S/C17H30N4O2S.HI/c1-5-24(22,23)21-12-6-11-19-17(18-4)20-13-15(3)16-9-7-14(2)8-10-16;/h7-10,15,21H,5-6,11-13H2,1-4H3,(H2,18,19,20);1H. The third kappa shape index (κ3) is 10.0. The van der Waals surface area contributed by atoms with E-state index in [4.69, 9.17) is 0 Å². The molecule has 0 aliphatic carbocycles. The summed E-state index contributed by atoms with van der Waals surface area (Å²) in [6.07, 6.45) is 0.702. The van der Waals surface area contributed by atoms with Crippen molar-refractivity contribution in [3.63, 3.8) is 0 Å². The van der Waals surface area contributed by atoms with Gasteiger partial charge in [0.15, 0.2) is 5.96 Å². The highest BCUT2D eigenvalue weighted by atomic mass is 127. The third-order valence-electron chi connectivity index (χ3n) is 3.79. The lowest BCUT2D eigenvalue weighted by Gasteiger charge is -2.16. The predicted molar refractivity (Wildman–Crippen MR) is 116 cm³/mol. The van der Waals surface area contributed by atoms with Crippen molar-refractivity contribution in [2.24, 2.45) is 4.99 Å². The molecule has 1 unspecified atom stereocenters. The average Bonchev–Trinajstić information content (AvgIpc) is 2.57. The fraction of sp³-hybridized carbons (Fsp3) is 0.588. The molecule has 0 aromatic heterocycles. The van der Waals surface area contributed by atoms with Crippen LogP contribution >= 0.6 is 24.0 Å². The van der Waals surface area contributed by atoms with Gasteiger partial charge in [-0.15, -0.1) is 24.0 Å². The van der Waals surface area contributed by atoms with Gasteiger partial charge in [0.2, 0.25) is 10.0 Å². The van der Waals surface area contributed by atoms with Crippen molar-refractivity contribution < 1.29 is 8.42 Å². The van der Waals surface area contributed by atoms with Crippen molar-refractivity contribution in [2.75, 3.05) is 32.4 Å². The van der Waals surface area contributed by atoms with Crippen molar-refractivity contribution in [3.8, 4) is 0 Å². The molecular weight excluding hydrogens is 451 g/mol. The first kappa shape index (κ1) is 24.1. The summed E-state index contributed by atoms with van der Waals surface area (Å²) in [6.45, 7) is 7.75. The van der Waals surface area contributed by atoms with E-state index < -0.39 is 10.0 Å². The average molecular weight is 482 g/mol. The van der Waals surface area contributed by atoms with Gasteiger partial charge in [-0.3, -0.25) is 4.99 Å². The Morgan fingerprint density at radius 2 is 1.80 bits per heavy atom. The number of nitrogens with zero attached hydrogens (tertiary/aromatic N) is 1. The van der Waals surface area contributed by atoms with Crippen LogP contribution in [0.1, 0.15) is 37.3 Å². The second kappa shape index (κ2) is 12.5. The molecule has 1 aromatic rings. The van der Waals surface area contributed by atoms with E-state index in [9.17, 15) is 8.42 Å². The number of halogens is 1. The minimum Gasteiger partial charge on any atom is -0.356 e. The summed E-state index contributed by atoms with van der Waals surface area (Å²) in [5.41, 5.74) is 2.55. The molecule has 0 bridgehead atoms. The largest absolute Gasteiger partial charge is 0.356 e. The van der Waals surface area contributed by atoms with Crippen LogP contribution < -0.4 is 15.4 Å². The Morgan fingerprint density at radius 1 is 1.16 bits per heavy atom. The van der Waals surface area contributed by atoms with Gasteiger partial charge in [-0.25, -0.2) is 13.1 Å². The molecule has 1 aromatic carbocycles. The molecule has 3 N–H and O–H groups in total. The van der Waals surface area contributed by atoms with Gasteiger partial charge >= 0.3 is 0 Å². The fourth-order valence-electron chi connectivity index (χ4n) is 2.11. The van der Waals surface area contributed by atoms with Crippen LogP contribution in [-0.2, 0) is 10.0 Å². The zero-order chi connectivity index (χ0) is 18.0. The smallest absolute Gasteiger partial charge is 0.211 e. The van der Waals surface area contributed by atoms with Gasteiger partial charge in [0.25, 0.3) is 0 Å². The molecule has 0 amide bonds. The number of benzene rings is 1. The van der Waals surface area contributed by atoms with Crippen LogP contribution in [0.2, 0.25) is 0 Å². The van der Waals surface area contributed by atoms with Gasteiger partial charge in [-0.2, -0.15) is 0 Å². The predicted octanol–water partition coefficient (Wildman–Crippen LogP) is 2.21. The fourth-order valence-corrected chi connectivity index (χ4v) is 2.77. The van der Waals surface area contributed by atoms with Crippen molar-refractivity contribution in [1.29, 1.82) is 0 Å². The number of rotatable bonds is 9. The molecule has 0 fully saturated rings. The second-order valence-corrected chi connectivity index (χ2v) is 7.94. The van der Waals surface area contributed by atoms with E-state index in [1.165, 1.54) is 11.1 Å². The zero-order valence-corrected chi connectivity index (χ0v) is 18.6. The molecule has 0 radical (unpaired) electrons. The molecule has 25 heavy (non-hydrogen) atoms. The van der Waals surface area contributed by atoms with E-state index >= 15 is 0 Å². The van der Waals surface area contributed by atoms with Crippen molar-refractivity contribution in [3.05, 3.63) is 35.4 Å². The molecule has 8 heteroatoms. The maximum absolute atomic E-state index is 11.3. The van der Waals surface area contributed by atoms with Crippen LogP contribution in [0.25, 0.3) is 0 Å². The van der Waals surface area contributed by atoms with Gasteiger partial charge in [0, 0.05) is 26.7 Å². The zero-order valence-electron chi connectivity index (χ0n) is 15.5. The van der Waals surface area contributed by atoms with Crippen LogP contribution in [0.3, 0.4) is 0 Å². The molecule has 144 valence electrons. The van der Waals surface area contributed by atoms with E-state index in [0.717, 1.165) is 12.5 Å². The Bertz CT molecular complexity index is 618. The van der Waals surface area contributed by atoms with Crippen LogP contribution in [0, 0.1) is 6.92 Å². The highest BCUT2D eigenvalue weighted by molar-refractivity contribution is 14.0. The minimum atomic E-state index is -3.10. The molecular formula is C17H31IN4O2S. The quantitative estimate of drug-likeness (QED) is 0.218. The van der Waals surface area contributed by atoms with Gasteiger partial charge in [-0.05, 0) is 31.7 Å². The minimum absolute atomic E-state index is 0. The van der Waals surface area contributed by atoms with E-state index in [1.807, 2.05) is 0 Å². The summed E-state index contributed by atoms with van der Waals surface area (Å²) in [5.74, 6) is 1.22. The number of aryl methyl sites for hydroxylation is 1. The monoisotopic (exact) mass is 482 g/mol. The molecule has 0 spiro atoms. The summed E-state index contributed by atoms with van der Waals surface area (Å²) < 4.78 is 25.2. The lowest BCUT2D eigenvalue weighted by molar-refractivity contribution is 0.579. The normalized spacial score (nSPS) is 13.0. The topological polar surface area (TPSA) is 82.6 Å². The highest BCUT2D eigenvalue weighted by Crippen LogP contribution is 2.14. The number of guanidine groups is 1. The molecule has 0 aliphatic rings. The van der Waals surface area contributed by atoms with E-state index in [1.54, 1.807) is 14.0 Å². The van der Waals surface area contributed by atoms with E-state index in [-0.39, 0.29) is 29.7 Å². The summed E-state index contributed by atoms with van der Waals surface area (Å²) in [5, 5.41) is 6.49. The van der Waals surface area contributed by atoms with Gasteiger partial charge in [0.1, 0.15) is 0 Å². The van der Waals surface area contributed by atoms with Crippen LogP contribution in [-0.4, -0.2) is 46.8 Å². The Kier molecular flexibility index (Phi) is 12.0. The SMILES string of the molecule is CCS(=O)(=O)NCCCNC(=NC)NCC(C)c1ccc(C)cc1.I. The van der Waals surface area contributed by atoms with Gasteiger partial charge in [-0.1, -0.05) is 36.8 Å². The Labute approximate surface area is 169 Å². The van der Waals surface area contributed by atoms with E-state index in [0.29, 0.717) is 25.4 Å². The van der Waals surface area contributed by atoms with Gasteiger partial charge in [0.05, 0.1) is 5.75 Å². The number of hydrogen-bond donors (Lipinski definition) is 3. The molecule has 0 aliphatic heterocycles. The lowest BCUT2D eigenvalue weighted by Crippen LogP contribution is -2.40. The maximum atomic E-state index is 11.3. The Hall–Kier alpha value is -0.870. The molecule has 1 atom stereocenters. The van der Waals surface area contributed by atoms with Crippen LogP contribution in [0.5, 0.6) is 0 Å². The van der Waals surface area contributed by atoms with Crippen molar-refractivity contribution in [1.82, 2.24) is 15.4 Å². The van der Waals surface area contributed by atoms with Crippen molar-refractivity contribution in [2.45, 2.75) is 33.1 Å². The molecule has 0 saturated heterocycles. The molecule has 0 saturated carbocycles. The van der Waals surface area contributed by atoms with Crippen LogP contribution in [0.15, 0.2) is 29.3 Å². The van der Waals surface area contributed by atoms with Crippen LogP contribution in [0.4, 0.5) is 0 Å². The number of sulfonamides is 1. The molecule has 1 rings (SSSR count). The first-order valence-corrected chi connectivity index (χ1v) is 10.0. The second-order valence-electron chi connectivity index (χ2n) is 5.84. The maximum Gasteiger partial charge on any atom is 0.211 e. The summed E-state index contributed by atoms with van der Waals surface area (Å²) in [4.78, 5) is 4.19. The number of nitrogens with one attached hydrogen (secondary N) is 3. The van der Waals surface area contributed by atoms with Crippen molar-refractivity contribution >= 4 is 40.0 Å².